The maximum absolute atomic E-state index is 12.4. The molecule has 0 spiro atoms. The summed E-state index contributed by atoms with van der Waals surface area (Å²) in [6, 6.07) is -2.17. The maximum atomic E-state index is 12.4. The standard InChI is InChI=1S/C16H27N4O5/c1-3-10(2)14(20-15(24)12-5-4-6-17-12)16(25)18-7-13(23)19-11(8-21)9-22/h10-12,14,17,21H,3-8H2,1-2H3,(H,18,25)(H,19,23)(H,20,24). The molecular weight excluding hydrogens is 328 g/mol. The highest BCUT2D eigenvalue weighted by Crippen LogP contribution is 2.10. The van der Waals surface area contributed by atoms with Crippen molar-refractivity contribution in [2.45, 2.75) is 51.2 Å². The summed E-state index contributed by atoms with van der Waals surface area (Å²) in [6.45, 7) is 3.60. The van der Waals surface area contributed by atoms with Crippen LogP contribution in [0.25, 0.3) is 0 Å². The van der Waals surface area contributed by atoms with Gasteiger partial charge in [-0.15, -0.1) is 0 Å². The van der Waals surface area contributed by atoms with Crippen molar-refractivity contribution in [1.29, 1.82) is 0 Å². The van der Waals surface area contributed by atoms with Crippen LogP contribution in [-0.4, -0.2) is 66.9 Å². The predicted molar refractivity (Wildman–Crippen MR) is 90.1 cm³/mol. The molecule has 5 N–H and O–H groups in total. The lowest BCUT2D eigenvalue weighted by molar-refractivity contribution is -0.132. The van der Waals surface area contributed by atoms with Crippen LogP contribution in [0.1, 0.15) is 33.1 Å². The molecule has 1 fully saturated rings. The quantitative estimate of drug-likeness (QED) is 0.307. The highest BCUT2D eigenvalue weighted by Gasteiger charge is 2.30. The number of nitrogens with one attached hydrogen (secondary N) is 4. The van der Waals surface area contributed by atoms with Gasteiger partial charge in [0.05, 0.1) is 19.2 Å². The van der Waals surface area contributed by atoms with Gasteiger partial charge in [-0.25, -0.2) is 0 Å². The van der Waals surface area contributed by atoms with Gasteiger partial charge in [0.15, 0.2) is 0 Å². The third-order valence-corrected chi connectivity index (χ3v) is 4.25. The lowest BCUT2D eigenvalue weighted by atomic mass is 9.97. The second-order valence-corrected chi connectivity index (χ2v) is 6.16. The highest BCUT2D eigenvalue weighted by atomic mass is 16.3. The van der Waals surface area contributed by atoms with E-state index in [4.69, 9.17) is 5.11 Å². The van der Waals surface area contributed by atoms with Crippen LogP contribution in [-0.2, 0) is 19.2 Å². The van der Waals surface area contributed by atoms with Crippen molar-refractivity contribution >= 4 is 24.0 Å². The fourth-order valence-corrected chi connectivity index (χ4v) is 2.50. The molecule has 141 valence electrons. The number of carbonyl (C=O) groups excluding carboxylic acids is 4. The summed E-state index contributed by atoms with van der Waals surface area (Å²) in [5.74, 6) is -1.42. The lowest BCUT2D eigenvalue weighted by Gasteiger charge is -2.25. The molecule has 1 radical (unpaired) electrons. The first-order valence-corrected chi connectivity index (χ1v) is 8.52. The molecule has 1 saturated heterocycles. The van der Waals surface area contributed by atoms with Crippen molar-refractivity contribution < 1.29 is 24.3 Å². The van der Waals surface area contributed by atoms with Gasteiger partial charge in [-0.05, 0) is 25.3 Å². The zero-order valence-electron chi connectivity index (χ0n) is 14.6. The number of hydrogen-bond donors (Lipinski definition) is 5. The average Bonchev–Trinajstić information content (AvgIpc) is 3.16. The first-order chi connectivity index (χ1) is 11.9. The molecule has 1 heterocycles. The van der Waals surface area contributed by atoms with E-state index < -0.39 is 30.5 Å². The minimum absolute atomic E-state index is 0.109. The van der Waals surface area contributed by atoms with Crippen LogP contribution in [0.15, 0.2) is 0 Å². The number of amides is 3. The highest BCUT2D eigenvalue weighted by molar-refractivity contribution is 5.92. The second kappa shape index (κ2) is 10.8. The van der Waals surface area contributed by atoms with E-state index >= 15 is 0 Å². The molecule has 4 unspecified atom stereocenters. The first kappa shape index (κ1) is 21.0. The van der Waals surface area contributed by atoms with Crippen LogP contribution < -0.4 is 21.3 Å². The lowest BCUT2D eigenvalue weighted by Crippen LogP contribution is -2.55. The Labute approximate surface area is 147 Å². The Hall–Kier alpha value is -2.00. The molecule has 0 saturated carbocycles. The zero-order valence-corrected chi connectivity index (χ0v) is 14.6. The van der Waals surface area contributed by atoms with Crippen LogP contribution in [0, 0.1) is 5.92 Å². The third kappa shape index (κ3) is 6.79. The fraction of sp³-hybridized carbons (Fsp3) is 0.750. The van der Waals surface area contributed by atoms with Gasteiger partial charge in [-0.3, -0.25) is 19.2 Å². The van der Waals surface area contributed by atoms with Crippen molar-refractivity contribution in [3.05, 3.63) is 0 Å². The van der Waals surface area contributed by atoms with E-state index in [0.29, 0.717) is 6.42 Å². The number of rotatable bonds is 10. The molecule has 1 aliphatic rings. The minimum Gasteiger partial charge on any atom is -0.394 e. The monoisotopic (exact) mass is 355 g/mol. The largest absolute Gasteiger partial charge is 0.394 e. The smallest absolute Gasteiger partial charge is 0.243 e. The van der Waals surface area contributed by atoms with Crippen molar-refractivity contribution in [2.24, 2.45) is 5.92 Å². The summed E-state index contributed by atoms with van der Waals surface area (Å²) >= 11 is 0. The Bertz CT molecular complexity index is 479. The van der Waals surface area contributed by atoms with Gasteiger partial charge in [0.2, 0.25) is 24.0 Å². The summed E-state index contributed by atoms with van der Waals surface area (Å²) in [4.78, 5) is 46.7. The normalized spacial score (nSPS) is 20.2. The van der Waals surface area contributed by atoms with Gasteiger partial charge in [0.1, 0.15) is 12.1 Å². The molecule has 9 nitrogen and oxygen atoms in total. The minimum atomic E-state index is -1.12. The SMILES string of the molecule is CCC(C)C(NC(=O)C1CCCN1)C(=O)NCC(=O)NC([C]=O)CO. The van der Waals surface area contributed by atoms with Crippen LogP contribution in [0.2, 0.25) is 0 Å². The van der Waals surface area contributed by atoms with Gasteiger partial charge in [-0.2, -0.15) is 0 Å². The van der Waals surface area contributed by atoms with Crippen LogP contribution in [0.4, 0.5) is 0 Å². The number of aliphatic hydroxyl groups is 1. The van der Waals surface area contributed by atoms with Crippen molar-refractivity contribution in [1.82, 2.24) is 21.3 Å². The summed E-state index contributed by atoms with van der Waals surface area (Å²) in [6.07, 6.45) is 3.79. The predicted octanol–water partition coefficient (Wildman–Crippen LogP) is -2.03. The van der Waals surface area contributed by atoms with Gasteiger partial charge < -0.3 is 26.4 Å². The van der Waals surface area contributed by atoms with E-state index in [1.165, 1.54) is 6.29 Å². The topological polar surface area (TPSA) is 137 Å². The summed E-state index contributed by atoms with van der Waals surface area (Å²) in [5, 5.41) is 19.3. The summed E-state index contributed by atoms with van der Waals surface area (Å²) in [7, 11) is 0. The average molecular weight is 355 g/mol. The Morgan fingerprint density at radius 1 is 1.32 bits per heavy atom. The molecule has 25 heavy (non-hydrogen) atoms. The van der Waals surface area contributed by atoms with Crippen molar-refractivity contribution in [2.75, 3.05) is 19.7 Å². The van der Waals surface area contributed by atoms with Crippen LogP contribution >= 0.6 is 0 Å². The van der Waals surface area contributed by atoms with Gasteiger partial charge in [0, 0.05) is 0 Å². The maximum Gasteiger partial charge on any atom is 0.243 e. The van der Waals surface area contributed by atoms with E-state index in [1.807, 2.05) is 13.8 Å². The molecule has 1 rings (SSSR count). The van der Waals surface area contributed by atoms with Gasteiger partial charge >= 0.3 is 0 Å². The van der Waals surface area contributed by atoms with E-state index in [1.54, 1.807) is 0 Å². The third-order valence-electron chi connectivity index (χ3n) is 4.25. The Kier molecular flexibility index (Phi) is 9.07. The number of hydrogen-bond acceptors (Lipinski definition) is 6. The fourth-order valence-electron chi connectivity index (χ4n) is 2.50. The molecule has 0 bridgehead atoms. The summed E-state index contributed by atoms with van der Waals surface area (Å²) in [5.41, 5.74) is 0. The van der Waals surface area contributed by atoms with E-state index in [2.05, 4.69) is 21.3 Å². The van der Waals surface area contributed by atoms with E-state index in [-0.39, 0.29) is 24.4 Å². The second-order valence-electron chi connectivity index (χ2n) is 6.16. The van der Waals surface area contributed by atoms with Crippen molar-refractivity contribution in [3.63, 3.8) is 0 Å². The molecule has 9 heteroatoms. The Balaban J connectivity index is 2.56. The Morgan fingerprint density at radius 3 is 2.56 bits per heavy atom. The summed E-state index contributed by atoms with van der Waals surface area (Å²) < 4.78 is 0. The van der Waals surface area contributed by atoms with E-state index in [9.17, 15) is 19.2 Å². The van der Waals surface area contributed by atoms with Crippen LogP contribution in [0.3, 0.4) is 0 Å². The number of carbonyl (C=O) groups is 3. The molecule has 0 aromatic carbocycles. The zero-order chi connectivity index (χ0) is 18.8. The van der Waals surface area contributed by atoms with Crippen molar-refractivity contribution in [3.8, 4) is 0 Å². The van der Waals surface area contributed by atoms with Crippen LogP contribution in [0.5, 0.6) is 0 Å². The molecular formula is C16H27N4O5. The molecule has 0 aliphatic carbocycles. The molecule has 4 atom stereocenters. The van der Waals surface area contributed by atoms with E-state index in [0.717, 1.165) is 19.4 Å². The molecule has 1 aliphatic heterocycles. The Morgan fingerprint density at radius 2 is 2.04 bits per heavy atom. The molecule has 0 aromatic heterocycles. The molecule has 3 amide bonds. The molecule has 0 aromatic rings. The number of aliphatic hydroxyl groups excluding tert-OH is 1. The first-order valence-electron chi connectivity index (χ1n) is 8.52. The van der Waals surface area contributed by atoms with Gasteiger partial charge in [0.25, 0.3) is 0 Å². The van der Waals surface area contributed by atoms with Gasteiger partial charge in [-0.1, -0.05) is 20.3 Å².